The molecule has 0 N–H and O–H groups in total. The van der Waals surface area contributed by atoms with Gasteiger partial charge in [0.15, 0.2) is 0 Å². The van der Waals surface area contributed by atoms with Crippen LogP contribution in [0.4, 0.5) is 11.4 Å². The van der Waals surface area contributed by atoms with Crippen molar-refractivity contribution in [3.05, 3.63) is 83.9 Å². The maximum atomic E-state index is 13.6. The number of rotatable bonds is 6. The summed E-state index contributed by atoms with van der Waals surface area (Å²) >= 11 is 0. The molecule has 4 rings (SSSR count). The first kappa shape index (κ1) is 21.9. The molecule has 0 bridgehead atoms. The van der Waals surface area contributed by atoms with Crippen LogP contribution in [0.5, 0.6) is 5.75 Å². The summed E-state index contributed by atoms with van der Waals surface area (Å²) in [6.45, 7) is 3.55. The van der Waals surface area contributed by atoms with Crippen LogP contribution in [0.1, 0.15) is 18.1 Å². The molecule has 0 aromatic heterocycles. The predicted molar refractivity (Wildman–Crippen MR) is 126 cm³/mol. The van der Waals surface area contributed by atoms with Gasteiger partial charge in [-0.3, -0.25) is 9.10 Å². The maximum Gasteiger partial charge on any atom is 0.264 e. The summed E-state index contributed by atoms with van der Waals surface area (Å²) in [6.07, 6.45) is 0.742. The van der Waals surface area contributed by atoms with Gasteiger partial charge in [0, 0.05) is 17.8 Å². The summed E-state index contributed by atoms with van der Waals surface area (Å²) in [5.41, 5.74) is 3.25. The molecule has 0 spiro atoms. The van der Waals surface area contributed by atoms with Gasteiger partial charge in [0.05, 0.1) is 17.7 Å². The van der Waals surface area contributed by atoms with E-state index in [9.17, 15) is 13.2 Å². The highest BCUT2D eigenvalue weighted by atomic mass is 32.2. The first-order chi connectivity index (χ1) is 15.3. The van der Waals surface area contributed by atoms with Crippen molar-refractivity contribution in [1.82, 2.24) is 0 Å². The molecule has 1 atom stereocenters. The molecule has 0 aliphatic carbocycles. The number of benzene rings is 3. The lowest BCUT2D eigenvalue weighted by Gasteiger charge is -2.29. The smallest absolute Gasteiger partial charge is 0.264 e. The van der Waals surface area contributed by atoms with Gasteiger partial charge in [-0.2, -0.15) is 0 Å². The van der Waals surface area contributed by atoms with Gasteiger partial charge in [0.2, 0.25) is 5.91 Å². The van der Waals surface area contributed by atoms with Gasteiger partial charge in [-0.25, -0.2) is 8.42 Å². The number of sulfonamides is 1. The van der Waals surface area contributed by atoms with Crippen molar-refractivity contribution in [2.75, 3.05) is 22.9 Å². The van der Waals surface area contributed by atoms with Crippen LogP contribution in [0.3, 0.4) is 0 Å². The van der Waals surface area contributed by atoms with Crippen molar-refractivity contribution in [2.45, 2.75) is 31.2 Å². The van der Waals surface area contributed by atoms with E-state index in [1.165, 1.54) is 7.11 Å². The van der Waals surface area contributed by atoms with Gasteiger partial charge in [-0.05, 0) is 56.2 Å². The second kappa shape index (κ2) is 8.67. The van der Waals surface area contributed by atoms with Crippen LogP contribution in [0.15, 0.2) is 77.7 Å². The molecular formula is C25H26N2O4S. The fourth-order valence-corrected chi connectivity index (χ4v) is 5.47. The van der Waals surface area contributed by atoms with Gasteiger partial charge in [0.1, 0.15) is 12.3 Å². The molecule has 0 saturated carbocycles. The van der Waals surface area contributed by atoms with Crippen molar-refractivity contribution in [3.63, 3.8) is 0 Å². The molecule has 166 valence electrons. The van der Waals surface area contributed by atoms with Gasteiger partial charge in [0.25, 0.3) is 10.0 Å². The average Bonchev–Trinajstić information content (AvgIpc) is 3.13. The molecule has 1 amide bonds. The molecular weight excluding hydrogens is 424 g/mol. The first-order valence-electron chi connectivity index (χ1n) is 10.4. The Labute approximate surface area is 189 Å². The summed E-state index contributed by atoms with van der Waals surface area (Å²) in [4.78, 5) is 15.3. The Morgan fingerprint density at radius 3 is 2.50 bits per heavy atom. The predicted octanol–water partition coefficient (Wildman–Crippen LogP) is 4.18. The summed E-state index contributed by atoms with van der Waals surface area (Å²) in [5, 5.41) is 0. The number of ether oxygens (including phenoxy) is 1. The van der Waals surface area contributed by atoms with Crippen LogP contribution < -0.4 is 13.9 Å². The molecule has 3 aromatic rings. The Morgan fingerprint density at radius 1 is 1.06 bits per heavy atom. The highest BCUT2D eigenvalue weighted by Gasteiger charge is 2.34. The molecule has 7 heteroatoms. The summed E-state index contributed by atoms with van der Waals surface area (Å²) in [6, 6.07) is 21.1. The minimum absolute atomic E-state index is 0.0471. The molecule has 0 radical (unpaired) electrons. The number of carbonyl (C=O) groups is 1. The van der Waals surface area contributed by atoms with E-state index in [1.54, 1.807) is 53.4 Å². The van der Waals surface area contributed by atoms with E-state index in [1.807, 2.05) is 38.1 Å². The Morgan fingerprint density at radius 2 is 1.78 bits per heavy atom. The number of aryl methyl sites for hydroxylation is 1. The topological polar surface area (TPSA) is 66.9 Å². The zero-order valence-corrected chi connectivity index (χ0v) is 19.2. The lowest BCUT2D eigenvalue weighted by atomic mass is 10.1. The van der Waals surface area contributed by atoms with Crippen LogP contribution in [-0.4, -0.2) is 34.0 Å². The molecule has 1 aliphatic rings. The van der Waals surface area contributed by atoms with E-state index < -0.39 is 10.0 Å². The summed E-state index contributed by atoms with van der Waals surface area (Å²) in [7, 11) is -2.47. The Hall–Kier alpha value is -3.32. The number of carbonyl (C=O) groups excluding carboxylic acids is 1. The molecule has 3 aromatic carbocycles. The van der Waals surface area contributed by atoms with Gasteiger partial charge >= 0.3 is 0 Å². The lowest BCUT2D eigenvalue weighted by molar-refractivity contribution is -0.117. The second-order valence-electron chi connectivity index (χ2n) is 7.97. The number of nitrogens with zero attached hydrogens (tertiary/aromatic N) is 2. The van der Waals surface area contributed by atoms with Crippen molar-refractivity contribution in [2.24, 2.45) is 0 Å². The standard InChI is InChI=1S/C25H26N2O4S/c1-18-11-13-23(14-12-18)32(29,30)26(21-8-6-9-22(16-21)31-3)17-25(28)27-19(2)15-20-7-4-5-10-24(20)27/h4-14,16,19H,15,17H2,1-3H3/t19-/m0/s1. The highest BCUT2D eigenvalue weighted by molar-refractivity contribution is 7.92. The van der Waals surface area contributed by atoms with E-state index in [4.69, 9.17) is 4.74 Å². The van der Waals surface area contributed by atoms with E-state index in [0.29, 0.717) is 11.4 Å². The van der Waals surface area contributed by atoms with E-state index >= 15 is 0 Å². The van der Waals surface area contributed by atoms with E-state index in [0.717, 1.165) is 27.5 Å². The molecule has 1 aliphatic heterocycles. The van der Waals surface area contributed by atoms with Gasteiger partial charge < -0.3 is 9.64 Å². The van der Waals surface area contributed by atoms with Crippen molar-refractivity contribution < 1.29 is 17.9 Å². The Bertz CT molecular complexity index is 1240. The molecule has 1 heterocycles. The Balaban J connectivity index is 1.74. The zero-order valence-electron chi connectivity index (χ0n) is 18.4. The average molecular weight is 451 g/mol. The first-order valence-corrected chi connectivity index (χ1v) is 11.9. The third kappa shape index (κ3) is 4.08. The molecule has 0 fully saturated rings. The molecule has 6 nitrogen and oxygen atoms in total. The number of hydrogen-bond acceptors (Lipinski definition) is 4. The van der Waals surface area contributed by atoms with Gasteiger partial charge in [-0.15, -0.1) is 0 Å². The number of hydrogen-bond donors (Lipinski definition) is 0. The van der Waals surface area contributed by atoms with Crippen LogP contribution in [-0.2, 0) is 21.2 Å². The van der Waals surface area contributed by atoms with Crippen molar-refractivity contribution in [1.29, 1.82) is 0 Å². The van der Waals surface area contributed by atoms with E-state index in [-0.39, 0.29) is 23.4 Å². The van der Waals surface area contributed by atoms with Crippen molar-refractivity contribution >= 4 is 27.3 Å². The fraction of sp³-hybridized carbons (Fsp3) is 0.240. The number of para-hydroxylation sites is 1. The minimum atomic E-state index is -3.99. The quantitative estimate of drug-likeness (QED) is 0.565. The number of amides is 1. The number of anilines is 2. The van der Waals surface area contributed by atoms with Crippen LogP contribution in [0.25, 0.3) is 0 Å². The number of fused-ring (bicyclic) bond motifs is 1. The Kier molecular flexibility index (Phi) is 5.93. The van der Waals surface area contributed by atoms with Crippen LogP contribution >= 0.6 is 0 Å². The second-order valence-corrected chi connectivity index (χ2v) is 9.83. The fourth-order valence-electron chi connectivity index (χ4n) is 4.06. The maximum absolute atomic E-state index is 13.6. The summed E-state index contributed by atoms with van der Waals surface area (Å²) < 4.78 is 33.7. The van der Waals surface area contributed by atoms with Crippen molar-refractivity contribution in [3.8, 4) is 5.75 Å². The minimum Gasteiger partial charge on any atom is -0.497 e. The molecule has 32 heavy (non-hydrogen) atoms. The molecule has 0 saturated heterocycles. The highest BCUT2D eigenvalue weighted by Crippen LogP contribution is 2.33. The summed E-state index contributed by atoms with van der Waals surface area (Å²) in [5.74, 6) is 0.236. The third-order valence-electron chi connectivity index (χ3n) is 5.71. The molecule has 0 unspecified atom stereocenters. The monoisotopic (exact) mass is 450 g/mol. The largest absolute Gasteiger partial charge is 0.497 e. The number of methoxy groups -OCH3 is 1. The van der Waals surface area contributed by atoms with Crippen LogP contribution in [0, 0.1) is 6.92 Å². The lowest BCUT2D eigenvalue weighted by Crippen LogP contribution is -2.45. The van der Waals surface area contributed by atoms with E-state index in [2.05, 4.69) is 0 Å². The van der Waals surface area contributed by atoms with Gasteiger partial charge in [-0.1, -0.05) is 42.0 Å². The SMILES string of the molecule is COc1cccc(N(CC(=O)N2c3ccccc3C[C@@H]2C)S(=O)(=O)c2ccc(C)cc2)c1. The normalized spacial score (nSPS) is 15.3. The van der Waals surface area contributed by atoms with Crippen LogP contribution in [0.2, 0.25) is 0 Å². The third-order valence-corrected chi connectivity index (χ3v) is 7.49. The zero-order chi connectivity index (χ0) is 22.9.